The molecule has 0 radical (unpaired) electrons. The van der Waals surface area contributed by atoms with E-state index in [4.69, 9.17) is 5.73 Å². The minimum Gasteiger partial charge on any atom is -0.326 e. The van der Waals surface area contributed by atoms with Gasteiger partial charge in [0.05, 0.1) is 0 Å². The molecule has 2 heteroatoms. The molecular formula is C15H24N2. The number of nitrogens with two attached hydrogens (primary N) is 1. The van der Waals surface area contributed by atoms with Crippen molar-refractivity contribution in [2.24, 2.45) is 5.73 Å². The van der Waals surface area contributed by atoms with E-state index in [-0.39, 0.29) is 0 Å². The number of rotatable bonds is 3. The fourth-order valence-corrected chi connectivity index (χ4v) is 2.81. The van der Waals surface area contributed by atoms with Gasteiger partial charge < -0.3 is 5.73 Å². The molecule has 0 aromatic heterocycles. The maximum absolute atomic E-state index is 5.83. The van der Waals surface area contributed by atoms with Crippen LogP contribution in [0.2, 0.25) is 0 Å². The largest absolute Gasteiger partial charge is 0.326 e. The quantitative estimate of drug-likeness (QED) is 0.867. The Morgan fingerprint density at radius 1 is 1.12 bits per heavy atom. The molecule has 1 heterocycles. The second-order valence-electron chi connectivity index (χ2n) is 5.03. The number of benzene rings is 1. The summed E-state index contributed by atoms with van der Waals surface area (Å²) in [5.74, 6) is 0. The molecule has 0 bridgehead atoms. The summed E-state index contributed by atoms with van der Waals surface area (Å²) >= 11 is 0. The van der Waals surface area contributed by atoms with E-state index in [0.29, 0.717) is 12.6 Å². The predicted molar refractivity (Wildman–Crippen MR) is 72.8 cm³/mol. The molecule has 1 aliphatic rings. The monoisotopic (exact) mass is 232 g/mol. The van der Waals surface area contributed by atoms with E-state index in [0.717, 1.165) is 0 Å². The summed E-state index contributed by atoms with van der Waals surface area (Å²) in [6.45, 7) is 5.44. The molecule has 1 saturated heterocycles. The van der Waals surface area contributed by atoms with Gasteiger partial charge in [-0.05, 0) is 44.0 Å². The first-order valence-electron chi connectivity index (χ1n) is 6.85. The topological polar surface area (TPSA) is 29.3 Å². The highest BCUT2D eigenvalue weighted by Crippen LogP contribution is 2.26. The number of hydrogen-bond donors (Lipinski definition) is 1. The maximum Gasteiger partial charge on any atom is 0.0323 e. The van der Waals surface area contributed by atoms with Crippen molar-refractivity contribution in [2.75, 3.05) is 13.1 Å². The van der Waals surface area contributed by atoms with E-state index in [1.54, 1.807) is 0 Å². The molecule has 0 aliphatic carbocycles. The highest BCUT2D eigenvalue weighted by molar-refractivity contribution is 5.29. The number of hydrogen-bond acceptors (Lipinski definition) is 2. The Bertz CT molecular complexity index is 341. The zero-order valence-corrected chi connectivity index (χ0v) is 10.9. The lowest BCUT2D eigenvalue weighted by atomic mass is 10.00. The lowest BCUT2D eigenvalue weighted by Crippen LogP contribution is -2.28. The van der Waals surface area contributed by atoms with Gasteiger partial charge in [-0.15, -0.1) is 0 Å². The third kappa shape index (κ3) is 3.08. The third-order valence-corrected chi connectivity index (χ3v) is 3.91. The highest BCUT2D eigenvalue weighted by Gasteiger charge is 2.18. The Morgan fingerprint density at radius 3 is 2.41 bits per heavy atom. The molecule has 1 aromatic carbocycles. The molecule has 1 aliphatic heterocycles. The fourth-order valence-electron chi connectivity index (χ4n) is 2.81. The average molecular weight is 232 g/mol. The summed E-state index contributed by atoms with van der Waals surface area (Å²) in [5.41, 5.74) is 8.54. The van der Waals surface area contributed by atoms with Crippen LogP contribution in [0.4, 0.5) is 0 Å². The van der Waals surface area contributed by atoms with Crippen LogP contribution in [0, 0.1) is 0 Å². The summed E-state index contributed by atoms with van der Waals surface area (Å²) in [6, 6.07) is 9.11. The molecule has 0 spiro atoms. The lowest BCUT2D eigenvalue weighted by Gasteiger charge is -2.29. The zero-order chi connectivity index (χ0) is 12.1. The first-order chi connectivity index (χ1) is 8.33. The normalized spacial score (nSPS) is 19.9. The first kappa shape index (κ1) is 12.6. The van der Waals surface area contributed by atoms with Crippen molar-refractivity contribution in [3.8, 4) is 0 Å². The Labute approximate surface area is 105 Å². The van der Waals surface area contributed by atoms with Crippen LogP contribution < -0.4 is 5.73 Å². The van der Waals surface area contributed by atoms with Gasteiger partial charge in [0.1, 0.15) is 0 Å². The fraction of sp³-hybridized carbons (Fsp3) is 0.600. The molecule has 1 aromatic rings. The van der Waals surface area contributed by atoms with Crippen LogP contribution in [0.15, 0.2) is 24.3 Å². The molecule has 2 rings (SSSR count). The van der Waals surface area contributed by atoms with Crippen molar-refractivity contribution < 1.29 is 0 Å². The second-order valence-corrected chi connectivity index (χ2v) is 5.03. The van der Waals surface area contributed by atoms with Gasteiger partial charge in [0.2, 0.25) is 0 Å². The van der Waals surface area contributed by atoms with E-state index in [1.807, 2.05) is 0 Å². The van der Waals surface area contributed by atoms with Crippen molar-refractivity contribution in [2.45, 2.75) is 45.2 Å². The van der Waals surface area contributed by atoms with E-state index >= 15 is 0 Å². The summed E-state index contributed by atoms with van der Waals surface area (Å²) in [6.07, 6.45) is 5.47. The van der Waals surface area contributed by atoms with Gasteiger partial charge in [0.15, 0.2) is 0 Å². The lowest BCUT2D eigenvalue weighted by molar-refractivity contribution is 0.218. The van der Waals surface area contributed by atoms with Crippen molar-refractivity contribution in [3.05, 3.63) is 35.4 Å². The third-order valence-electron chi connectivity index (χ3n) is 3.91. The summed E-state index contributed by atoms with van der Waals surface area (Å²) in [5, 5.41) is 0. The van der Waals surface area contributed by atoms with Gasteiger partial charge in [-0.2, -0.15) is 0 Å². The van der Waals surface area contributed by atoms with Crippen molar-refractivity contribution in [1.29, 1.82) is 0 Å². The van der Waals surface area contributed by atoms with Gasteiger partial charge in [-0.25, -0.2) is 0 Å². The van der Waals surface area contributed by atoms with Crippen LogP contribution in [-0.4, -0.2) is 18.0 Å². The standard InChI is InChI=1S/C15H24N2/c1-13(17-10-6-2-3-7-11-17)15-9-5-4-8-14(15)12-16/h4-5,8-9,13H,2-3,6-7,10-12,16H2,1H3. The summed E-state index contributed by atoms with van der Waals surface area (Å²) in [4.78, 5) is 2.61. The van der Waals surface area contributed by atoms with E-state index in [2.05, 4.69) is 36.1 Å². The van der Waals surface area contributed by atoms with E-state index in [1.165, 1.54) is 49.9 Å². The minimum atomic E-state index is 0.507. The Balaban J connectivity index is 2.14. The van der Waals surface area contributed by atoms with Gasteiger partial charge in [0, 0.05) is 12.6 Å². The van der Waals surface area contributed by atoms with E-state index in [9.17, 15) is 0 Å². The van der Waals surface area contributed by atoms with Crippen LogP contribution in [-0.2, 0) is 6.54 Å². The second kappa shape index (κ2) is 6.18. The van der Waals surface area contributed by atoms with Gasteiger partial charge in [-0.1, -0.05) is 37.1 Å². The van der Waals surface area contributed by atoms with E-state index < -0.39 is 0 Å². The van der Waals surface area contributed by atoms with Gasteiger partial charge in [0.25, 0.3) is 0 Å². The van der Waals surface area contributed by atoms with Crippen molar-refractivity contribution in [1.82, 2.24) is 4.90 Å². The van der Waals surface area contributed by atoms with Crippen LogP contribution in [0.5, 0.6) is 0 Å². The van der Waals surface area contributed by atoms with Crippen LogP contribution in [0.25, 0.3) is 0 Å². The highest BCUT2D eigenvalue weighted by atomic mass is 15.1. The smallest absolute Gasteiger partial charge is 0.0323 e. The molecule has 1 fully saturated rings. The van der Waals surface area contributed by atoms with Gasteiger partial charge >= 0.3 is 0 Å². The molecule has 2 N–H and O–H groups in total. The van der Waals surface area contributed by atoms with Crippen molar-refractivity contribution in [3.63, 3.8) is 0 Å². The Kier molecular flexibility index (Phi) is 4.57. The molecular weight excluding hydrogens is 208 g/mol. The molecule has 0 saturated carbocycles. The minimum absolute atomic E-state index is 0.507. The number of likely N-dealkylation sites (tertiary alicyclic amines) is 1. The molecule has 0 amide bonds. The van der Waals surface area contributed by atoms with Crippen molar-refractivity contribution >= 4 is 0 Å². The Hall–Kier alpha value is -0.860. The van der Waals surface area contributed by atoms with Crippen LogP contribution in [0.1, 0.15) is 49.8 Å². The average Bonchev–Trinajstić information content (AvgIpc) is 2.66. The zero-order valence-electron chi connectivity index (χ0n) is 10.9. The molecule has 17 heavy (non-hydrogen) atoms. The van der Waals surface area contributed by atoms with Crippen LogP contribution >= 0.6 is 0 Å². The molecule has 94 valence electrons. The Morgan fingerprint density at radius 2 is 1.76 bits per heavy atom. The molecule has 1 unspecified atom stereocenters. The summed E-state index contributed by atoms with van der Waals surface area (Å²) in [7, 11) is 0. The first-order valence-corrected chi connectivity index (χ1v) is 6.85. The predicted octanol–water partition coefficient (Wildman–Crippen LogP) is 3.08. The SMILES string of the molecule is CC(c1ccccc1CN)N1CCCCCC1. The number of nitrogens with zero attached hydrogens (tertiary/aromatic N) is 1. The maximum atomic E-state index is 5.83. The van der Waals surface area contributed by atoms with Crippen LogP contribution in [0.3, 0.4) is 0 Å². The summed E-state index contributed by atoms with van der Waals surface area (Å²) < 4.78 is 0. The molecule has 2 nitrogen and oxygen atoms in total. The molecule has 1 atom stereocenters. The van der Waals surface area contributed by atoms with Gasteiger partial charge in [-0.3, -0.25) is 4.90 Å².